The van der Waals surface area contributed by atoms with Gasteiger partial charge < -0.3 is 14.8 Å². The van der Waals surface area contributed by atoms with Gasteiger partial charge in [-0.2, -0.15) is 16.4 Å². The average Bonchev–Trinajstić information content (AvgIpc) is 3.48. The molecule has 1 unspecified atom stereocenters. The summed E-state index contributed by atoms with van der Waals surface area (Å²) in [5.74, 6) is -1.21. The zero-order valence-electron chi connectivity index (χ0n) is 18.1. The Morgan fingerprint density at radius 3 is 2.58 bits per heavy atom. The number of aliphatic carboxylic acids is 1. The van der Waals surface area contributed by atoms with Gasteiger partial charge in [-0.3, -0.25) is 4.79 Å². The van der Waals surface area contributed by atoms with Crippen molar-refractivity contribution in [1.82, 2.24) is 20.1 Å². The summed E-state index contributed by atoms with van der Waals surface area (Å²) < 4.78 is 20.5. The maximum Gasteiger partial charge on any atom is 0.331 e. The van der Waals surface area contributed by atoms with Gasteiger partial charge in [0.25, 0.3) is 0 Å². The number of rotatable bonds is 7. The van der Waals surface area contributed by atoms with Gasteiger partial charge in [0.05, 0.1) is 23.5 Å². The van der Waals surface area contributed by atoms with Crippen LogP contribution in [0.5, 0.6) is 0 Å². The number of amides is 1. The first kappa shape index (κ1) is 22.4. The lowest BCUT2D eigenvalue weighted by molar-refractivity contribution is -0.142. The Morgan fingerprint density at radius 2 is 1.94 bits per heavy atom. The SMILES string of the molecule is Cc1nn(-c2ccc(F)cc2)c(C)c1C(NC(=O)Cc1nc(-c2ccsc2)oc1C)C(=O)O. The van der Waals surface area contributed by atoms with Gasteiger partial charge in [-0.05, 0) is 56.5 Å². The topological polar surface area (TPSA) is 110 Å². The molecular weight excluding hydrogens is 447 g/mol. The largest absolute Gasteiger partial charge is 0.479 e. The fourth-order valence-electron chi connectivity index (χ4n) is 3.63. The van der Waals surface area contributed by atoms with Gasteiger partial charge >= 0.3 is 5.97 Å². The molecule has 0 fully saturated rings. The van der Waals surface area contributed by atoms with Crippen LogP contribution < -0.4 is 5.32 Å². The first-order valence-corrected chi connectivity index (χ1v) is 11.0. The minimum absolute atomic E-state index is 0.132. The highest BCUT2D eigenvalue weighted by molar-refractivity contribution is 7.08. The summed E-state index contributed by atoms with van der Waals surface area (Å²) in [6.07, 6.45) is -0.132. The molecule has 0 aliphatic carbocycles. The number of carbonyl (C=O) groups excluding carboxylic acids is 1. The van der Waals surface area contributed by atoms with E-state index in [4.69, 9.17) is 4.42 Å². The van der Waals surface area contributed by atoms with Crippen LogP contribution in [0.25, 0.3) is 17.1 Å². The van der Waals surface area contributed by atoms with Crippen LogP contribution in [0, 0.1) is 26.6 Å². The van der Waals surface area contributed by atoms with E-state index in [1.807, 2.05) is 16.8 Å². The van der Waals surface area contributed by atoms with E-state index in [0.29, 0.717) is 40.0 Å². The molecule has 1 aromatic carbocycles. The van der Waals surface area contributed by atoms with Crippen molar-refractivity contribution < 1.29 is 23.5 Å². The Kier molecular flexibility index (Phi) is 6.10. The number of aromatic nitrogens is 3. The summed E-state index contributed by atoms with van der Waals surface area (Å²) in [5.41, 5.74) is 3.19. The van der Waals surface area contributed by atoms with E-state index in [1.54, 1.807) is 32.9 Å². The van der Waals surface area contributed by atoms with Gasteiger partial charge in [0, 0.05) is 22.2 Å². The molecule has 170 valence electrons. The van der Waals surface area contributed by atoms with Gasteiger partial charge in [-0.15, -0.1) is 0 Å². The van der Waals surface area contributed by atoms with Crippen LogP contribution >= 0.6 is 11.3 Å². The quantitative estimate of drug-likeness (QED) is 0.422. The molecule has 10 heteroatoms. The maximum atomic E-state index is 13.3. The maximum absolute atomic E-state index is 13.3. The number of nitrogens with one attached hydrogen (secondary N) is 1. The molecule has 0 saturated heterocycles. The van der Waals surface area contributed by atoms with Crippen molar-refractivity contribution in [1.29, 1.82) is 0 Å². The minimum atomic E-state index is -1.31. The molecule has 8 nitrogen and oxygen atoms in total. The molecule has 33 heavy (non-hydrogen) atoms. The number of carboxylic acid groups (broad SMARTS) is 1. The Bertz CT molecular complexity index is 1310. The van der Waals surface area contributed by atoms with Crippen molar-refractivity contribution >= 4 is 23.2 Å². The van der Waals surface area contributed by atoms with E-state index in [1.165, 1.54) is 28.2 Å². The normalized spacial score (nSPS) is 12.0. The number of nitrogens with zero attached hydrogens (tertiary/aromatic N) is 3. The average molecular weight is 469 g/mol. The number of hydrogen-bond donors (Lipinski definition) is 2. The number of benzene rings is 1. The highest BCUT2D eigenvalue weighted by Crippen LogP contribution is 2.26. The number of hydrogen-bond acceptors (Lipinski definition) is 6. The molecule has 0 saturated carbocycles. The predicted molar refractivity (Wildman–Crippen MR) is 120 cm³/mol. The molecule has 0 bridgehead atoms. The third kappa shape index (κ3) is 4.56. The lowest BCUT2D eigenvalue weighted by Crippen LogP contribution is -2.35. The second kappa shape index (κ2) is 8.99. The van der Waals surface area contributed by atoms with Crippen LogP contribution in [0.4, 0.5) is 4.39 Å². The zero-order chi connectivity index (χ0) is 23.7. The van der Waals surface area contributed by atoms with Gasteiger partial charge in [0.1, 0.15) is 11.6 Å². The molecule has 2 N–H and O–H groups in total. The third-order valence-corrected chi connectivity index (χ3v) is 5.93. The minimum Gasteiger partial charge on any atom is -0.479 e. The van der Waals surface area contributed by atoms with E-state index in [9.17, 15) is 19.1 Å². The number of carbonyl (C=O) groups is 2. The van der Waals surface area contributed by atoms with Crippen LogP contribution in [0.3, 0.4) is 0 Å². The van der Waals surface area contributed by atoms with Crippen LogP contribution in [0.2, 0.25) is 0 Å². The van der Waals surface area contributed by atoms with E-state index in [0.717, 1.165) is 5.56 Å². The molecule has 0 aliphatic heterocycles. The summed E-state index contributed by atoms with van der Waals surface area (Å²) >= 11 is 1.51. The van der Waals surface area contributed by atoms with Crippen molar-refractivity contribution in [2.45, 2.75) is 33.2 Å². The second-order valence-corrected chi connectivity index (χ2v) is 8.30. The lowest BCUT2D eigenvalue weighted by atomic mass is 10.0. The Morgan fingerprint density at radius 1 is 1.21 bits per heavy atom. The Labute approximate surface area is 192 Å². The van der Waals surface area contributed by atoms with Gasteiger partial charge in [0.15, 0.2) is 6.04 Å². The first-order chi connectivity index (χ1) is 15.7. The van der Waals surface area contributed by atoms with Crippen molar-refractivity contribution in [3.8, 4) is 17.1 Å². The number of thiophene rings is 1. The summed E-state index contributed by atoms with van der Waals surface area (Å²) in [7, 11) is 0. The molecule has 4 aromatic rings. The van der Waals surface area contributed by atoms with Crippen molar-refractivity contribution in [2.75, 3.05) is 0 Å². The molecule has 0 spiro atoms. The van der Waals surface area contributed by atoms with E-state index in [2.05, 4.69) is 15.4 Å². The molecule has 4 rings (SSSR count). The fraction of sp³-hybridized carbons (Fsp3) is 0.217. The molecule has 1 amide bonds. The smallest absolute Gasteiger partial charge is 0.331 e. The summed E-state index contributed by atoms with van der Waals surface area (Å²) in [4.78, 5) is 29.2. The molecular formula is C23H21FN4O4S. The van der Waals surface area contributed by atoms with Gasteiger partial charge in [-0.25, -0.2) is 18.9 Å². The van der Waals surface area contributed by atoms with Crippen LogP contribution in [-0.2, 0) is 16.0 Å². The van der Waals surface area contributed by atoms with E-state index >= 15 is 0 Å². The number of halogens is 1. The third-order valence-electron chi connectivity index (χ3n) is 5.25. The van der Waals surface area contributed by atoms with E-state index < -0.39 is 17.9 Å². The fourth-order valence-corrected chi connectivity index (χ4v) is 4.26. The van der Waals surface area contributed by atoms with E-state index in [-0.39, 0.29) is 12.2 Å². The summed E-state index contributed by atoms with van der Waals surface area (Å²) in [6.45, 7) is 5.08. The number of carboxylic acids is 1. The highest BCUT2D eigenvalue weighted by Gasteiger charge is 2.29. The van der Waals surface area contributed by atoms with Crippen LogP contribution in [-0.4, -0.2) is 31.7 Å². The highest BCUT2D eigenvalue weighted by atomic mass is 32.1. The lowest BCUT2D eigenvalue weighted by Gasteiger charge is -2.15. The molecule has 1 atom stereocenters. The predicted octanol–water partition coefficient (Wildman–Crippen LogP) is 4.14. The van der Waals surface area contributed by atoms with Crippen molar-refractivity contribution in [3.63, 3.8) is 0 Å². The molecule has 0 aliphatic rings. The summed E-state index contributed by atoms with van der Waals surface area (Å²) in [6, 6.07) is 6.25. The number of aryl methyl sites for hydroxylation is 2. The summed E-state index contributed by atoms with van der Waals surface area (Å²) in [5, 5.41) is 20.6. The number of oxazole rings is 1. The first-order valence-electron chi connectivity index (χ1n) is 10.1. The Balaban J connectivity index is 1.57. The Hall–Kier alpha value is -3.79. The molecule has 3 heterocycles. The van der Waals surface area contributed by atoms with Crippen molar-refractivity contribution in [2.24, 2.45) is 0 Å². The molecule has 0 radical (unpaired) electrons. The standard InChI is InChI=1S/C23H21FN4O4S/c1-12-20(13(2)28(27-12)17-6-4-16(24)5-7-17)21(23(30)31)26-19(29)10-18-14(3)32-22(25-18)15-8-9-33-11-15/h4-9,11,21H,10H2,1-3H3,(H,26,29)(H,30,31). The van der Waals surface area contributed by atoms with Gasteiger partial charge in [0.2, 0.25) is 11.8 Å². The van der Waals surface area contributed by atoms with Crippen molar-refractivity contribution in [3.05, 3.63) is 75.3 Å². The second-order valence-electron chi connectivity index (χ2n) is 7.52. The van der Waals surface area contributed by atoms with Crippen LogP contribution in [0.15, 0.2) is 45.5 Å². The van der Waals surface area contributed by atoms with Gasteiger partial charge in [-0.1, -0.05) is 0 Å². The monoisotopic (exact) mass is 468 g/mol. The zero-order valence-corrected chi connectivity index (χ0v) is 18.9. The van der Waals surface area contributed by atoms with Crippen LogP contribution in [0.1, 0.15) is 34.4 Å². The molecule has 3 aromatic heterocycles.